The summed E-state index contributed by atoms with van der Waals surface area (Å²) in [5.41, 5.74) is 0. The number of hydrogen-bond donors (Lipinski definition) is 2. The molecule has 2 unspecified atom stereocenters. The van der Waals surface area contributed by atoms with Crippen molar-refractivity contribution in [3.63, 3.8) is 0 Å². The normalized spacial score (nSPS) is 19.4. The first kappa shape index (κ1) is 15.0. The fourth-order valence-corrected chi connectivity index (χ4v) is 2.54. The van der Waals surface area contributed by atoms with Crippen LogP contribution < -0.4 is 0 Å². The summed E-state index contributed by atoms with van der Waals surface area (Å²) in [6, 6.07) is 0. The van der Waals surface area contributed by atoms with E-state index in [1.54, 1.807) is 6.92 Å². The van der Waals surface area contributed by atoms with Crippen LogP contribution in [0.5, 0.6) is 0 Å². The molecule has 0 aromatic heterocycles. The van der Waals surface area contributed by atoms with Gasteiger partial charge in [-0.25, -0.2) is 0 Å². The number of aliphatic hydroxyl groups excluding tert-OH is 1. The molecule has 1 aliphatic rings. The second-order valence-electron chi connectivity index (χ2n) is 4.92. The van der Waals surface area contributed by atoms with E-state index in [2.05, 4.69) is 0 Å². The predicted octanol–water partition coefficient (Wildman–Crippen LogP) is 1.58. The first-order valence-electron chi connectivity index (χ1n) is 6.62. The third-order valence-electron chi connectivity index (χ3n) is 3.46. The summed E-state index contributed by atoms with van der Waals surface area (Å²) >= 11 is 0. The molecule has 0 aliphatic heterocycles. The largest absolute Gasteiger partial charge is 0.481 e. The van der Waals surface area contributed by atoms with E-state index in [1.165, 1.54) is 12.8 Å². The quantitative estimate of drug-likeness (QED) is 0.535. The first-order valence-corrected chi connectivity index (χ1v) is 6.62. The van der Waals surface area contributed by atoms with Crippen molar-refractivity contribution in [1.82, 2.24) is 0 Å². The van der Waals surface area contributed by atoms with Crippen molar-refractivity contribution < 1.29 is 24.5 Å². The van der Waals surface area contributed by atoms with Crippen LogP contribution in [-0.4, -0.2) is 34.9 Å². The topological polar surface area (TPSA) is 83.8 Å². The smallest absolute Gasteiger partial charge is 0.320 e. The van der Waals surface area contributed by atoms with Crippen LogP contribution in [0.3, 0.4) is 0 Å². The average Bonchev–Trinajstić information content (AvgIpc) is 2.78. The summed E-state index contributed by atoms with van der Waals surface area (Å²) in [5, 5.41) is 18.8. The van der Waals surface area contributed by atoms with Gasteiger partial charge in [-0.1, -0.05) is 25.7 Å². The Bertz CT molecular complexity index is 283. The molecular weight excluding hydrogens is 236 g/mol. The van der Waals surface area contributed by atoms with Gasteiger partial charge in [-0.15, -0.1) is 0 Å². The van der Waals surface area contributed by atoms with Gasteiger partial charge in [0.05, 0.1) is 12.7 Å². The molecule has 0 heterocycles. The van der Waals surface area contributed by atoms with E-state index in [0.29, 0.717) is 12.3 Å². The molecule has 5 nitrogen and oxygen atoms in total. The molecular formula is C13H22O5. The third kappa shape index (κ3) is 4.64. The summed E-state index contributed by atoms with van der Waals surface area (Å²) in [5.74, 6) is -2.76. The molecule has 0 amide bonds. The zero-order chi connectivity index (χ0) is 13.5. The van der Waals surface area contributed by atoms with Crippen LogP contribution in [0.2, 0.25) is 0 Å². The molecule has 2 atom stereocenters. The Labute approximate surface area is 107 Å². The van der Waals surface area contributed by atoms with Gasteiger partial charge in [0.25, 0.3) is 0 Å². The highest BCUT2D eigenvalue weighted by molar-refractivity contribution is 5.93. The van der Waals surface area contributed by atoms with Gasteiger partial charge in [0.2, 0.25) is 0 Å². The third-order valence-corrected chi connectivity index (χ3v) is 3.46. The maximum atomic E-state index is 11.4. The van der Waals surface area contributed by atoms with Gasteiger partial charge < -0.3 is 14.9 Å². The lowest BCUT2D eigenvalue weighted by molar-refractivity contribution is -0.160. The highest BCUT2D eigenvalue weighted by Gasteiger charge is 2.31. The number of carboxylic acids is 1. The molecule has 2 N–H and O–H groups in total. The highest BCUT2D eigenvalue weighted by atomic mass is 16.5. The average molecular weight is 258 g/mol. The molecule has 18 heavy (non-hydrogen) atoms. The second kappa shape index (κ2) is 7.36. The summed E-state index contributed by atoms with van der Waals surface area (Å²) in [6.07, 6.45) is 4.34. The summed E-state index contributed by atoms with van der Waals surface area (Å²) in [6.45, 7) is 1.78. The second-order valence-corrected chi connectivity index (χ2v) is 4.92. The van der Waals surface area contributed by atoms with Gasteiger partial charge in [-0.3, -0.25) is 9.59 Å². The van der Waals surface area contributed by atoms with Gasteiger partial charge in [-0.05, 0) is 25.7 Å². The number of hydrogen-bond acceptors (Lipinski definition) is 4. The van der Waals surface area contributed by atoms with Crippen LogP contribution in [0.25, 0.3) is 0 Å². The molecule has 0 radical (unpaired) electrons. The van der Waals surface area contributed by atoms with E-state index in [0.717, 1.165) is 12.8 Å². The fraction of sp³-hybridized carbons (Fsp3) is 0.846. The standard InChI is InChI=1S/C13H22O5/c1-2-18-13(17)11(12(15)16)8-10(14)7-9-5-3-4-6-9/h9-11,14H,2-8H2,1H3,(H,15,16). The lowest BCUT2D eigenvalue weighted by Gasteiger charge is -2.18. The van der Waals surface area contributed by atoms with Crippen LogP contribution in [0.15, 0.2) is 0 Å². The lowest BCUT2D eigenvalue weighted by Crippen LogP contribution is -2.30. The number of carboxylic acid groups (broad SMARTS) is 1. The Morgan fingerprint density at radius 1 is 1.33 bits per heavy atom. The van der Waals surface area contributed by atoms with Gasteiger partial charge in [0, 0.05) is 0 Å². The van der Waals surface area contributed by atoms with Crippen molar-refractivity contribution in [1.29, 1.82) is 0 Å². The van der Waals surface area contributed by atoms with Crippen LogP contribution in [0, 0.1) is 11.8 Å². The minimum atomic E-state index is -1.25. The van der Waals surface area contributed by atoms with Gasteiger partial charge in [-0.2, -0.15) is 0 Å². The molecule has 0 aromatic carbocycles. The molecule has 1 aliphatic carbocycles. The maximum absolute atomic E-state index is 11.4. The SMILES string of the molecule is CCOC(=O)C(CC(O)CC1CCCC1)C(=O)O. The maximum Gasteiger partial charge on any atom is 0.320 e. The molecule has 0 aromatic rings. The van der Waals surface area contributed by atoms with Crippen molar-refractivity contribution in [3.8, 4) is 0 Å². The molecule has 0 bridgehead atoms. The van der Waals surface area contributed by atoms with E-state index in [-0.39, 0.29) is 13.0 Å². The van der Waals surface area contributed by atoms with Crippen LogP contribution in [-0.2, 0) is 14.3 Å². The molecule has 1 rings (SSSR count). The van der Waals surface area contributed by atoms with Crippen molar-refractivity contribution in [2.24, 2.45) is 11.8 Å². The number of carbonyl (C=O) groups is 2. The van der Waals surface area contributed by atoms with E-state index in [9.17, 15) is 14.7 Å². The summed E-state index contributed by atoms with van der Waals surface area (Å²) in [7, 11) is 0. The molecule has 1 saturated carbocycles. The predicted molar refractivity (Wildman–Crippen MR) is 65.0 cm³/mol. The highest BCUT2D eigenvalue weighted by Crippen LogP contribution is 2.30. The number of carbonyl (C=O) groups excluding carboxylic acids is 1. The Morgan fingerprint density at radius 2 is 1.94 bits per heavy atom. The van der Waals surface area contributed by atoms with E-state index >= 15 is 0 Å². The lowest BCUT2D eigenvalue weighted by atomic mass is 9.93. The Balaban J connectivity index is 2.43. The molecule has 0 spiro atoms. The molecule has 5 heteroatoms. The Morgan fingerprint density at radius 3 is 2.44 bits per heavy atom. The first-order chi connectivity index (χ1) is 8.54. The monoisotopic (exact) mass is 258 g/mol. The minimum absolute atomic E-state index is 0.0509. The summed E-state index contributed by atoms with van der Waals surface area (Å²) in [4.78, 5) is 22.4. The van der Waals surface area contributed by atoms with E-state index in [1.807, 2.05) is 0 Å². The van der Waals surface area contributed by atoms with Crippen molar-refractivity contribution in [3.05, 3.63) is 0 Å². The molecule has 104 valence electrons. The van der Waals surface area contributed by atoms with Crippen LogP contribution in [0.4, 0.5) is 0 Å². The molecule has 0 saturated heterocycles. The number of aliphatic hydroxyl groups is 1. The van der Waals surface area contributed by atoms with Crippen molar-refractivity contribution >= 4 is 11.9 Å². The Hall–Kier alpha value is -1.10. The van der Waals surface area contributed by atoms with E-state index < -0.39 is 24.0 Å². The van der Waals surface area contributed by atoms with Crippen LogP contribution >= 0.6 is 0 Å². The van der Waals surface area contributed by atoms with Crippen molar-refractivity contribution in [2.45, 2.75) is 51.6 Å². The van der Waals surface area contributed by atoms with Crippen molar-refractivity contribution in [2.75, 3.05) is 6.61 Å². The molecule has 1 fully saturated rings. The minimum Gasteiger partial charge on any atom is -0.481 e. The number of aliphatic carboxylic acids is 1. The zero-order valence-electron chi connectivity index (χ0n) is 10.8. The zero-order valence-corrected chi connectivity index (χ0v) is 10.8. The van der Waals surface area contributed by atoms with Crippen LogP contribution in [0.1, 0.15) is 45.4 Å². The number of esters is 1. The summed E-state index contributed by atoms with van der Waals surface area (Å²) < 4.78 is 4.71. The number of rotatable bonds is 7. The van der Waals surface area contributed by atoms with Gasteiger partial charge >= 0.3 is 11.9 Å². The van der Waals surface area contributed by atoms with E-state index in [4.69, 9.17) is 9.84 Å². The Kier molecular flexibility index (Phi) is 6.12. The van der Waals surface area contributed by atoms with Gasteiger partial charge in [0.15, 0.2) is 5.92 Å². The van der Waals surface area contributed by atoms with Gasteiger partial charge in [0.1, 0.15) is 0 Å². The fourth-order valence-electron chi connectivity index (χ4n) is 2.54. The number of ether oxygens (including phenoxy) is 1.